The molecule has 1 spiro atoms. The van der Waals surface area contributed by atoms with E-state index in [4.69, 9.17) is 4.42 Å². The van der Waals surface area contributed by atoms with Crippen molar-refractivity contribution < 1.29 is 14.0 Å². The quantitative estimate of drug-likeness (QED) is 0.738. The Balaban J connectivity index is 1.24. The van der Waals surface area contributed by atoms with Crippen molar-refractivity contribution in [2.45, 2.75) is 51.9 Å². The van der Waals surface area contributed by atoms with Crippen LogP contribution < -0.4 is 0 Å². The van der Waals surface area contributed by atoms with Crippen molar-refractivity contribution in [3.63, 3.8) is 0 Å². The molecule has 3 heterocycles. The summed E-state index contributed by atoms with van der Waals surface area (Å²) in [4.78, 5) is 34.1. The van der Waals surface area contributed by atoms with Crippen LogP contribution in [0.15, 0.2) is 35.1 Å². The summed E-state index contributed by atoms with van der Waals surface area (Å²) in [6.07, 6.45) is 8.50. The van der Waals surface area contributed by atoms with Gasteiger partial charge in [0, 0.05) is 38.2 Å². The topological polar surface area (TPSA) is 66.7 Å². The Labute approximate surface area is 183 Å². The molecule has 0 bridgehead atoms. The summed E-state index contributed by atoms with van der Waals surface area (Å²) >= 11 is 0. The smallest absolute Gasteiger partial charge is 0.276 e. The highest BCUT2D eigenvalue weighted by molar-refractivity contribution is 5.97. The van der Waals surface area contributed by atoms with Gasteiger partial charge in [0.15, 0.2) is 17.8 Å². The average molecular weight is 422 g/mol. The van der Waals surface area contributed by atoms with Gasteiger partial charge in [-0.25, -0.2) is 4.98 Å². The lowest BCUT2D eigenvalue weighted by Crippen LogP contribution is -2.43. The molecule has 2 aromatic rings. The fraction of sp³-hybridized carbons (Fsp3) is 0.560. The largest absolute Gasteiger partial charge is 0.443 e. The van der Waals surface area contributed by atoms with Crippen LogP contribution >= 0.6 is 0 Å². The predicted octanol–water partition coefficient (Wildman–Crippen LogP) is 4.29. The molecule has 164 valence electrons. The Kier molecular flexibility index (Phi) is 5.32. The van der Waals surface area contributed by atoms with E-state index in [0.29, 0.717) is 23.8 Å². The first kappa shape index (κ1) is 20.3. The van der Waals surface area contributed by atoms with Gasteiger partial charge >= 0.3 is 0 Å². The Bertz CT molecular complexity index is 970. The number of oxazole rings is 1. The first-order valence-corrected chi connectivity index (χ1v) is 11.6. The summed E-state index contributed by atoms with van der Waals surface area (Å²) in [6.45, 7) is 5.29. The summed E-state index contributed by atoms with van der Waals surface area (Å²) in [5.74, 6) is 1.56. The molecule has 1 saturated carbocycles. The van der Waals surface area contributed by atoms with Gasteiger partial charge in [-0.15, -0.1) is 0 Å². The zero-order valence-corrected chi connectivity index (χ0v) is 18.3. The predicted molar refractivity (Wildman–Crippen MR) is 117 cm³/mol. The summed E-state index contributed by atoms with van der Waals surface area (Å²) in [7, 11) is 0. The van der Waals surface area contributed by atoms with Crippen molar-refractivity contribution in [3.05, 3.63) is 41.9 Å². The van der Waals surface area contributed by atoms with Crippen LogP contribution in [0.25, 0.3) is 11.3 Å². The van der Waals surface area contributed by atoms with Crippen molar-refractivity contribution in [2.24, 2.45) is 11.3 Å². The van der Waals surface area contributed by atoms with Crippen molar-refractivity contribution >= 4 is 11.8 Å². The molecule has 1 aromatic heterocycles. The van der Waals surface area contributed by atoms with Crippen LogP contribution in [0.3, 0.4) is 0 Å². The number of hydrogen-bond acceptors (Lipinski definition) is 4. The molecule has 3 fully saturated rings. The van der Waals surface area contributed by atoms with Crippen LogP contribution in [0.5, 0.6) is 0 Å². The Morgan fingerprint density at radius 2 is 1.94 bits per heavy atom. The van der Waals surface area contributed by atoms with Gasteiger partial charge < -0.3 is 14.2 Å². The molecule has 31 heavy (non-hydrogen) atoms. The number of likely N-dealkylation sites (tertiary alicyclic amines) is 2. The second-order valence-corrected chi connectivity index (χ2v) is 9.72. The van der Waals surface area contributed by atoms with E-state index >= 15 is 0 Å². The van der Waals surface area contributed by atoms with E-state index in [9.17, 15) is 9.59 Å². The van der Waals surface area contributed by atoms with Gasteiger partial charge in [-0.3, -0.25) is 9.59 Å². The summed E-state index contributed by atoms with van der Waals surface area (Å²) < 4.78 is 5.60. The highest BCUT2D eigenvalue weighted by Gasteiger charge is 2.40. The van der Waals surface area contributed by atoms with Gasteiger partial charge in [0.2, 0.25) is 5.91 Å². The fourth-order valence-corrected chi connectivity index (χ4v) is 5.18. The van der Waals surface area contributed by atoms with Crippen molar-refractivity contribution in [2.75, 3.05) is 26.2 Å². The van der Waals surface area contributed by atoms with Crippen LogP contribution in [0.1, 0.15) is 61.0 Å². The number of aromatic nitrogens is 1. The Hall–Kier alpha value is -2.63. The summed E-state index contributed by atoms with van der Waals surface area (Å²) in [5, 5.41) is 0. The first-order chi connectivity index (χ1) is 15.0. The molecule has 2 aliphatic heterocycles. The SMILES string of the molecule is Cc1cccc(-c2ocnc2C(=O)N2CCC3(CCC(=O)N(CC4CC4)CC3)CC2)c1. The number of piperidine rings is 1. The summed E-state index contributed by atoms with van der Waals surface area (Å²) in [6, 6.07) is 7.95. The van der Waals surface area contributed by atoms with Crippen molar-refractivity contribution in [3.8, 4) is 11.3 Å². The average Bonchev–Trinajstić information content (AvgIpc) is 3.49. The third kappa shape index (κ3) is 4.25. The molecule has 6 nitrogen and oxygen atoms in total. The number of rotatable bonds is 4. The zero-order valence-electron chi connectivity index (χ0n) is 18.3. The molecular formula is C25H31N3O3. The minimum Gasteiger partial charge on any atom is -0.443 e. The van der Waals surface area contributed by atoms with E-state index in [2.05, 4.69) is 9.88 Å². The van der Waals surface area contributed by atoms with Gasteiger partial charge in [0.05, 0.1) is 0 Å². The Morgan fingerprint density at radius 1 is 1.16 bits per heavy atom. The number of nitrogens with zero attached hydrogens (tertiary/aromatic N) is 3. The molecule has 2 amide bonds. The van der Waals surface area contributed by atoms with Crippen LogP contribution in [-0.4, -0.2) is 52.8 Å². The van der Waals surface area contributed by atoms with Gasteiger partial charge in [0.1, 0.15) is 0 Å². The molecule has 0 unspecified atom stereocenters. The second kappa shape index (κ2) is 8.13. The maximum absolute atomic E-state index is 13.3. The van der Waals surface area contributed by atoms with Crippen LogP contribution in [-0.2, 0) is 4.79 Å². The molecular weight excluding hydrogens is 390 g/mol. The van der Waals surface area contributed by atoms with Gasteiger partial charge in [-0.05, 0) is 62.8 Å². The molecule has 6 heteroatoms. The third-order valence-corrected chi connectivity index (χ3v) is 7.47. The molecule has 1 aromatic carbocycles. The number of aryl methyl sites for hydroxylation is 1. The van der Waals surface area contributed by atoms with E-state index < -0.39 is 0 Å². The maximum Gasteiger partial charge on any atom is 0.276 e. The second-order valence-electron chi connectivity index (χ2n) is 9.72. The summed E-state index contributed by atoms with van der Waals surface area (Å²) in [5.41, 5.74) is 2.58. The lowest BCUT2D eigenvalue weighted by atomic mass is 9.73. The van der Waals surface area contributed by atoms with Crippen molar-refractivity contribution in [1.29, 1.82) is 0 Å². The van der Waals surface area contributed by atoms with Crippen LogP contribution in [0.4, 0.5) is 0 Å². The van der Waals surface area contributed by atoms with Crippen molar-refractivity contribution in [1.82, 2.24) is 14.8 Å². The zero-order chi connectivity index (χ0) is 21.4. The number of hydrogen-bond donors (Lipinski definition) is 0. The van der Waals surface area contributed by atoms with E-state index in [1.54, 1.807) is 0 Å². The van der Waals surface area contributed by atoms with E-state index in [1.165, 1.54) is 19.2 Å². The number of benzene rings is 1. The van der Waals surface area contributed by atoms with E-state index in [1.807, 2.05) is 36.1 Å². The molecule has 2 saturated heterocycles. The van der Waals surface area contributed by atoms with E-state index in [-0.39, 0.29) is 11.3 Å². The monoisotopic (exact) mass is 421 g/mol. The molecule has 0 atom stereocenters. The Morgan fingerprint density at radius 3 is 2.68 bits per heavy atom. The number of carbonyl (C=O) groups is 2. The molecule has 5 rings (SSSR count). The molecule has 3 aliphatic rings. The lowest BCUT2D eigenvalue weighted by molar-refractivity contribution is -0.130. The highest BCUT2D eigenvalue weighted by atomic mass is 16.3. The molecule has 0 radical (unpaired) electrons. The van der Waals surface area contributed by atoms with Gasteiger partial charge in [0.25, 0.3) is 5.91 Å². The van der Waals surface area contributed by atoms with Gasteiger partial charge in [-0.1, -0.05) is 23.8 Å². The fourth-order valence-electron chi connectivity index (χ4n) is 5.18. The minimum atomic E-state index is -0.0554. The lowest BCUT2D eigenvalue weighted by Gasteiger charge is -2.41. The maximum atomic E-state index is 13.3. The molecule has 0 N–H and O–H groups in total. The first-order valence-electron chi connectivity index (χ1n) is 11.6. The number of carbonyl (C=O) groups excluding carboxylic acids is 2. The third-order valence-electron chi connectivity index (χ3n) is 7.47. The molecule has 1 aliphatic carbocycles. The van der Waals surface area contributed by atoms with Crippen LogP contribution in [0, 0.1) is 18.3 Å². The minimum absolute atomic E-state index is 0.0554. The van der Waals surface area contributed by atoms with Gasteiger partial charge in [-0.2, -0.15) is 0 Å². The van der Waals surface area contributed by atoms with Crippen LogP contribution in [0.2, 0.25) is 0 Å². The van der Waals surface area contributed by atoms with E-state index in [0.717, 1.165) is 68.9 Å². The standard InChI is InChI=1S/C25H31N3O3/c1-18-3-2-4-20(15-18)23-22(26-17-31-23)24(30)27-12-9-25(10-13-27)8-7-21(29)28(14-11-25)16-19-5-6-19/h2-4,15,17,19H,5-14,16H2,1H3. The normalized spacial score (nSPS) is 21.4. The highest BCUT2D eigenvalue weighted by Crippen LogP contribution is 2.42. The number of amides is 2.